The average Bonchev–Trinajstić information content (AvgIpc) is 2.45. The lowest BCUT2D eigenvalue weighted by molar-refractivity contribution is -0.149. The topological polar surface area (TPSA) is 97.0 Å². The fraction of sp³-hybridized carbons (Fsp3) is 0.824. The van der Waals surface area contributed by atoms with Crippen molar-refractivity contribution >= 4 is 17.9 Å². The first kappa shape index (κ1) is 21.2. The van der Waals surface area contributed by atoms with E-state index in [2.05, 4.69) is 10.6 Å². The number of carbonyl (C=O) groups is 3. The zero-order valence-corrected chi connectivity index (χ0v) is 16.1. The summed E-state index contributed by atoms with van der Waals surface area (Å²) in [5.41, 5.74) is -1.76. The van der Waals surface area contributed by atoms with E-state index in [-0.39, 0.29) is 24.5 Å². The minimum atomic E-state index is -1.09. The van der Waals surface area contributed by atoms with Crippen LogP contribution in [0.25, 0.3) is 0 Å². The van der Waals surface area contributed by atoms with Crippen molar-refractivity contribution in [2.75, 3.05) is 27.2 Å². The van der Waals surface area contributed by atoms with Crippen LogP contribution in [0.15, 0.2) is 0 Å². The largest absolute Gasteiger partial charge is 0.444 e. The number of alkyl carbamates (subject to hydrolysis) is 1. The molecular formula is C17H31N3O5. The smallest absolute Gasteiger partial charge is 0.408 e. The van der Waals surface area contributed by atoms with Gasteiger partial charge in [-0.05, 0) is 27.2 Å². The lowest BCUT2D eigenvalue weighted by Gasteiger charge is -2.47. The van der Waals surface area contributed by atoms with Gasteiger partial charge in [-0.15, -0.1) is 0 Å². The van der Waals surface area contributed by atoms with E-state index in [9.17, 15) is 14.4 Å². The van der Waals surface area contributed by atoms with Gasteiger partial charge in [-0.3, -0.25) is 9.59 Å². The molecule has 1 saturated carbocycles. The number of hydrogen-bond donors (Lipinski definition) is 2. The van der Waals surface area contributed by atoms with E-state index in [1.54, 1.807) is 34.9 Å². The summed E-state index contributed by atoms with van der Waals surface area (Å²) in [5.74, 6) is -0.550. The molecule has 25 heavy (non-hydrogen) atoms. The molecule has 1 rings (SSSR count). The Labute approximate surface area is 149 Å². The molecule has 0 aliphatic heterocycles. The second-order valence-electron chi connectivity index (χ2n) is 7.49. The Morgan fingerprint density at radius 2 is 1.84 bits per heavy atom. The molecule has 0 radical (unpaired) electrons. The van der Waals surface area contributed by atoms with Gasteiger partial charge in [0.05, 0.1) is 12.6 Å². The van der Waals surface area contributed by atoms with Crippen LogP contribution in [0.5, 0.6) is 0 Å². The first-order valence-electron chi connectivity index (χ1n) is 8.59. The van der Waals surface area contributed by atoms with Gasteiger partial charge in [0.15, 0.2) is 0 Å². The first-order valence-corrected chi connectivity index (χ1v) is 8.59. The van der Waals surface area contributed by atoms with Crippen LogP contribution in [0.1, 0.15) is 47.0 Å². The Morgan fingerprint density at radius 1 is 1.24 bits per heavy atom. The number of methoxy groups -OCH3 is 1. The number of carbonyl (C=O) groups excluding carboxylic acids is 3. The van der Waals surface area contributed by atoms with Crippen LogP contribution in [0.2, 0.25) is 0 Å². The number of nitrogens with zero attached hydrogens (tertiary/aromatic N) is 1. The van der Waals surface area contributed by atoms with E-state index < -0.39 is 17.2 Å². The molecule has 0 bridgehead atoms. The quantitative estimate of drug-likeness (QED) is 0.710. The van der Waals surface area contributed by atoms with Crippen molar-refractivity contribution in [3.05, 3.63) is 0 Å². The molecule has 0 heterocycles. The fourth-order valence-corrected chi connectivity index (χ4v) is 2.69. The van der Waals surface area contributed by atoms with Crippen LogP contribution >= 0.6 is 0 Å². The lowest BCUT2D eigenvalue weighted by atomic mass is 9.73. The van der Waals surface area contributed by atoms with Crippen molar-refractivity contribution in [2.24, 2.45) is 0 Å². The fourth-order valence-electron chi connectivity index (χ4n) is 2.69. The van der Waals surface area contributed by atoms with Gasteiger partial charge in [-0.25, -0.2) is 4.79 Å². The van der Waals surface area contributed by atoms with Gasteiger partial charge in [0.25, 0.3) is 0 Å². The van der Waals surface area contributed by atoms with E-state index in [1.165, 1.54) is 4.90 Å². The number of ether oxygens (including phenoxy) is 2. The van der Waals surface area contributed by atoms with Crippen LogP contribution in [0, 0.1) is 0 Å². The Morgan fingerprint density at radius 3 is 2.32 bits per heavy atom. The molecule has 0 aromatic rings. The number of rotatable bonds is 7. The van der Waals surface area contributed by atoms with Crippen LogP contribution < -0.4 is 10.6 Å². The molecule has 3 amide bonds. The van der Waals surface area contributed by atoms with Crippen molar-refractivity contribution in [3.8, 4) is 0 Å². The third kappa shape index (κ3) is 6.19. The van der Waals surface area contributed by atoms with E-state index >= 15 is 0 Å². The molecule has 0 aromatic heterocycles. The van der Waals surface area contributed by atoms with Crippen LogP contribution in [0.4, 0.5) is 4.79 Å². The van der Waals surface area contributed by atoms with Crippen molar-refractivity contribution in [1.82, 2.24) is 15.5 Å². The summed E-state index contributed by atoms with van der Waals surface area (Å²) in [6.45, 7) is 7.72. The van der Waals surface area contributed by atoms with Gasteiger partial charge in [0, 0.05) is 33.5 Å². The van der Waals surface area contributed by atoms with Crippen LogP contribution in [-0.4, -0.2) is 67.3 Å². The Kier molecular flexibility index (Phi) is 7.22. The molecule has 0 spiro atoms. The monoisotopic (exact) mass is 357 g/mol. The van der Waals surface area contributed by atoms with Crippen molar-refractivity contribution in [3.63, 3.8) is 0 Å². The average molecular weight is 357 g/mol. The van der Waals surface area contributed by atoms with E-state index in [0.29, 0.717) is 19.4 Å². The lowest BCUT2D eigenvalue weighted by Crippen LogP contribution is -2.68. The second-order valence-corrected chi connectivity index (χ2v) is 7.49. The summed E-state index contributed by atoms with van der Waals surface area (Å²) in [4.78, 5) is 38.1. The predicted octanol–water partition coefficient (Wildman–Crippen LogP) is 1.04. The highest BCUT2D eigenvalue weighted by molar-refractivity contribution is 5.93. The minimum absolute atomic E-state index is 0.0613. The number of nitrogens with one attached hydrogen (secondary N) is 2. The normalized spacial score (nSPS) is 22.6. The zero-order valence-electron chi connectivity index (χ0n) is 16.1. The molecule has 8 nitrogen and oxygen atoms in total. The molecule has 144 valence electrons. The molecule has 8 heteroatoms. The molecule has 0 unspecified atom stereocenters. The van der Waals surface area contributed by atoms with Crippen LogP contribution in [-0.2, 0) is 19.1 Å². The van der Waals surface area contributed by atoms with Gasteiger partial charge < -0.3 is 25.0 Å². The summed E-state index contributed by atoms with van der Waals surface area (Å²) in [5, 5.41) is 5.41. The summed E-state index contributed by atoms with van der Waals surface area (Å²) in [6, 6.07) is 0. The molecular weight excluding hydrogens is 326 g/mol. The summed E-state index contributed by atoms with van der Waals surface area (Å²) in [7, 11) is 3.11. The standard InChI is InChI=1S/C17H31N3O5/c1-7-8-18-13(21)11-20(5)14(22)17(9-12(10-17)24-6)19-15(23)25-16(2,3)4/h12H,7-11H2,1-6H3,(H,18,21)(H,19,23). The maximum atomic E-state index is 12.8. The molecule has 1 aliphatic rings. The number of hydrogen-bond acceptors (Lipinski definition) is 5. The highest BCUT2D eigenvalue weighted by Crippen LogP contribution is 2.36. The first-order chi connectivity index (χ1) is 11.5. The molecule has 2 N–H and O–H groups in total. The van der Waals surface area contributed by atoms with Gasteiger partial charge >= 0.3 is 6.09 Å². The maximum Gasteiger partial charge on any atom is 0.408 e. The highest BCUT2D eigenvalue weighted by Gasteiger charge is 2.53. The summed E-state index contributed by atoms with van der Waals surface area (Å²) >= 11 is 0. The van der Waals surface area contributed by atoms with E-state index in [4.69, 9.17) is 9.47 Å². The van der Waals surface area contributed by atoms with Crippen molar-refractivity contribution in [1.29, 1.82) is 0 Å². The van der Waals surface area contributed by atoms with Crippen LogP contribution in [0.3, 0.4) is 0 Å². The van der Waals surface area contributed by atoms with Crippen molar-refractivity contribution < 1.29 is 23.9 Å². The summed E-state index contributed by atoms with van der Waals surface area (Å²) < 4.78 is 10.5. The Hall–Kier alpha value is -1.83. The molecule has 0 atom stereocenters. The van der Waals surface area contributed by atoms with Crippen molar-refractivity contribution in [2.45, 2.75) is 64.2 Å². The number of amides is 3. The SMILES string of the molecule is CCCNC(=O)CN(C)C(=O)C1(NC(=O)OC(C)(C)C)CC(OC)C1. The third-order valence-corrected chi connectivity index (χ3v) is 3.93. The molecule has 0 aromatic carbocycles. The minimum Gasteiger partial charge on any atom is -0.444 e. The van der Waals surface area contributed by atoms with Gasteiger partial charge in [0.2, 0.25) is 11.8 Å². The predicted molar refractivity (Wildman–Crippen MR) is 93.1 cm³/mol. The van der Waals surface area contributed by atoms with Gasteiger partial charge in [0.1, 0.15) is 11.1 Å². The molecule has 1 aliphatic carbocycles. The highest BCUT2D eigenvalue weighted by atomic mass is 16.6. The van der Waals surface area contributed by atoms with Gasteiger partial charge in [-0.1, -0.05) is 6.92 Å². The maximum absolute atomic E-state index is 12.8. The molecule has 1 fully saturated rings. The van der Waals surface area contributed by atoms with Gasteiger partial charge in [-0.2, -0.15) is 0 Å². The molecule has 0 saturated heterocycles. The second kappa shape index (κ2) is 8.51. The van der Waals surface area contributed by atoms with E-state index in [0.717, 1.165) is 6.42 Å². The van der Waals surface area contributed by atoms with E-state index in [1.807, 2.05) is 6.92 Å². The third-order valence-electron chi connectivity index (χ3n) is 3.93. The Balaban J connectivity index is 2.75. The zero-order chi connectivity index (χ0) is 19.3. The number of likely N-dealkylation sites (N-methyl/N-ethyl adjacent to an activating group) is 1. The summed E-state index contributed by atoms with van der Waals surface area (Å²) in [6.07, 6.45) is 0.758. The Bertz CT molecular complexity index is 495.